The molecule has 0 fully saturated rings. The fraction of sp³-hybridized carbons (Fsp3) is 0.167. The number of carbonyl (C=O) groups is 1. The third-order valence-electron chi connectivity index (χ3n) is 5.14. The Labute approximate surface area is 187 Å². The SMILES string of the molecule is O=C(NCCc1cccnc1C(F)(F)F)c1cn(Cc2ccc(Cl)cc2)c2ccccc12. The number of fused-ring (bicyclic) bond motifs is 1. The first-order valence-electron chi connectivity index (χ1n) is 9.94. The lowest BCUT2D eigenvalue weighted by molar-refractivity contribution is -0.141. The van der Waals surface area contributed by atoms with Gasteiger partial charge in [-0.2, -0.15) is 13.2 Å². The molecule has 32 heavy (non-hydrogen) atoms. The van der Waals surface area contributed by atoms with Gasteiger partial charge in [-0.05, 0) is 41.8 Å². The number of hydrogen-bond donors (Lipinski definition) is 1. The van der Waals surface area contributed by atoms with Gasteiger partial charge in [0.05, 0.1) is 5.56 Å². The van der Waals surface area contributed by atoms with E-state index in [-0.39, 0.29) is 24.4 Å². The van der Waals surface area contributed by atoms with Crippen LogP contribution in [0.3, 0.4) is 0 Å². The Balaban J connectivity index is 1.51. The summed E-state index contributed by atoms with van der Waals surface area (Å²) in [6, 6.07) is 17.8. The monoisotopic (exact) mass is 457 g/mol. The van der Waals surface area contributed by atoms with Crippen LogP contribution in [0.25, 0.3) is 10.9 Å². The smallest absolute Gasteiger partial charge is 0.352 e. The van der Waals surface area contributed by atoms with Crippen molar-refractivity contribution in [2.24, 2.45) is 0 Å². The van der Waals surface area contributed by atoms with Crippen molar-refractivity contribution < 1.29 is 18.0 Å². The summed E-state index contributed by atoms with van der Waals surface area (Å²) in [5.74, 6) is -0.339. The van der Waals surface area contributed by atoms with Crippen molar-refractivity contribution in [1.82, 2.24) is 14.9 Å². The second kappa shape index (κ2) is 9.04. The number of nitrogens with zero attached hydrogens (tertiary/aromatic N) is 2. The standard InChI is InChI=1S/C24H19ClF3N3O/c25-18-9-7-16(8-10-18)14-31-15-20(19-5-1-2-6-21(19)31)23(32)30-13-11-17-4-3-12-29-22(17)24(26,27)28/h1-10,12,15H,11,13-14H2,(H,30,32). The second-order valence-corrected chi connectivity index (χ2v) is 7.77. The third-order valence-corrected chi connectivity index (χ3v) is 5.39. The average Bonchev–Trinajstić information content (AvgIpc) is 3.13. The van der Waals surface area contributed by atoms with Crippen molar-refractivity contribution in [3.8, 4) is 0 Å². The Bertz CT molecular complexity index is 1250. The molecule has 2 aromatic heterocycles. The van der Waals surface area contributed by atoms with E-state index in [2.05, 4.69) is 10.3 Å². The maximum atomic E-state index is 13.1. The molecule has 2 aromatic carbocycles. The number of para-hydroxylation sites is 1. The van der Waals surface area contributed by atoms with Gasteiger partial charge in [0.1, 0.15) is 5.69 Å². The van der Waals surface area contributed by atoms with Crippen molar-refractivity contribution in [3.63, 3.8) is 0 Å². The molecule has 0 spiro atoms. The lowest BCUT2D eigenvalue weighted by atomic mass is 10.1. The minimum Gasteiger partial charge on any atom is -0.352 e. The van der Waals surface area contributed by atoms with Gasteiger partial charge in [-0.25, -0.2) is 0 Å². The van der Waals surface area contributed by atoms with Crippen LogP contribution in [-0.2, 0) is 19.1 Å². The summed E-state index contributed by atoms with van der Waals surface area (Å²) < 4.78 is 41.3. The number of alkyl halides is 3. The highest BCUT2D eigenvalue weighted by molar-refractivity contribution is 6.30. The summed E-state index contributed by atoms with van der Waals surface area (Å²) in [6.45, 7) is 0.611. The molecule has 0 unspecified atom stereocenters. The number of pyridine rings is 1. The van der Waals surface area contributed by atoms with Crippen LogP contribution in [0.15, 0.2) is 73.1 Å². The molecule has 1 N–H and O–H groups in total. The van der Waals surface area contributed by atoms with Crippen molar-refractivity contribution in [1.29, 1.82) is 0 Å². The molecule has 4 nitrogen and oxygen atoms in total. The van der Waals surface area contributed by atoms with Gasteiger partial charge in [0.25, 0.3) is 5.91 Å². The van der Waals surface area contributed by atoms with Crippen LogP contribution in [0, 0.1) is 0 Å². The van der Waals surface area contributed by atoms with E-state index in [1.165, 1.54) is 12.1 Å². The van der Waals surface area contributed by atoms with E-state index in [4.69, 9.17) is 11.6 Å². The van der Waals surface area contributed by atoms with Gasteiger partial charge in [0.2, 0.25) is 0 Å². The van der Waals surface area contributed by atoms with E-state index in [1.54, 1.807) is 6.20 Å². The van der Waals surface area contributed by atoms with Gasteiger partial charge >= 0.3 is 6.18 Å². The molecule has 0 aliphatic carbocycles. The topological polar surface area (TPSA) is 46.9 Å². The number of aromatic nitrogens is 2. The maximum Gasteiger partial charge on any atom is 0.433 e. The molecule has 4 aromatic rings. The normalized spacial score (nSPS) is 11.6. The second-order valence-electron chi connectivity index (χ2n) is 7.33. The fourth-order valence-electron chi connectivity index (χ4n) is 3.65. The zero-order valence-corrected chi connectivity index (χ0v) is 17.6. The van der Waals surface area contributed by atoms with Gasteiger partial charge < -0.3 is 9.88 Å². The van der Waals surface area contributed by atoms with E-state index < -0.39 is 11.9 Å². The summed E-state index contributed by atoms with van der Waals surface area (Å²) in [5, 5.41) is 4.16. The minimum absolute atomic E-state index is 0.0256. The molecule has 2 heterocycles. The van der Waals surface area contributed by atoms with Crippen LogP contribution < -0.4 is 5.32 Å². The molecular weight excluding hydrogens is 439 g/mol. The van der Waals surface area contributed by atoms with Crippen LogP contribution in [0.1, 0.15) is 27.2 Å². The van der Waals surface area contributed by atoms with Crippen molar-refractivity contribution in [2.75, 3.05) is 6.54 Å². The summed E-state index contributed by atoms with van der Waals surface area (Å²) in [5.41, 5.74) is 1.51. The van der Waals surface area contributed by atoms with Crippen LogP contribution in [-0.4, -0.2) is 22.0 Å². The highest BCUT2D eigenvalue weighted by Gasteiger charge is 2.34. The van der Waals surface area contributed by atoms with Crippen LogP contribution in [0.4, 0.5) is 13.2 Å². The molecule has 0 bridgehead atoms. The number of hydrogen-bond acceptors (Lipinski definition) is 2. The first kappa shape index (κ1) is 21.9. The van der Waals surface area contributed by atoms with E-state index in [1.807, 2.05) is 53.1 Å². The van der Waals surface area contributed by atoms with Crippen LogP contribution in [0.5, 0.6) is 0 Å². The minimum atomic E-state index is -4.53. The Morgan fingerprint density at radius 2 is 1.78 bits per heavy atom. The van der Waals surface area contributed by atoms with E-state index >= 15 is 0 Å². The molecule has 0 radical (unpaired) electrons. The predicted molar refractivity (Wildman–Crippen MR) is 118 cm³/mol. The molecule has 8 heteroatoms. The predicted octanol–water partition coefficient (Wildman–Crippen LogP) is 5.73. The molecule has 164 valence electrons. The lowest BCUT2D eigenvalue weighted by Crippen LogP contribution is -2.26. The molecule has 0 saturated heterocycles. The van der Waals surface area contributed by atoms with Crippen molar-refractivity contribution in [2.45, 2.75) is 19.1 Å². The fourth-order valence-corrected chi connectivity index (χ4v) is 3.77. The summed E-state index contributed by atoms with van der Waals surface area (Å²) in [7, 11) is 0. The van der Waals surface area contributed by atoms with Gasteiger partial charge in [0.15, 0.2) is 0 Å². The first-order chi connectivity index (χ1) is 15.3. The summed E-state index contributed by atoms with van der Waals surface area (Å²) in [6.07, 6.45) is -1.63. The molecule has 0 atom stereocenters. The van der Waals surface area contributed by atoms with E-state index in [0.717, 1.165) is 22.7 Å². The Morgan fingerprint density at radius 3 is 2.53 bits per heavy atom. The Morgan fingerprint density at radius 1 is 1.03 bits per heavy atom. The largest absolute Gasteiger partial charge is 0.433 e. The zero-order valence-electron chi connectivity index (χ0n) is 16.9. The molecular formula is C24H19ClF3N3O. The van der Waals surface area contributed by atoms with Crippen LogP contribution >= 0.6 is 11.6 Å². The van der Waals surface area contributed by atoms with Gasteiger partial charge in [0, 0.05) is 41.4 Å². The molecule has 0 saturated carbocycles. The Kier molecular flexibility index (Phi) is 6.19. The lowest BCUT2D eigenvalue weighted by Gasteiger charge is -2.11. The van der Waals surface area contributed by atoms with E-state index in [9.17, 15) is 18.0 Å². The van der Waals surface area contributed by atoms with Gasteiger partial charge in [-0.15, -0.1) is 0 Å². The number of amides is 1. The van der Waals surface area contributed by atoms with E-state index in [0.29, 0.717) is 17.1 Å². The number of benzene rings is 2. The molecule has 0 aliphatic rings. The van der Waals surface area contributed by atoms with Crippen LogP contribution in [0.2, 0.25) is 5.02 Å². The first-order valence-corrected chi connectivity index (χ1v) is 10.3. The molecule has 1 amide bonds. The zero-order chi connectivity index (χ0) is 22.7. The average molecular weight is 458 g/mol. The number of halogens is 4. The van der Waals surface area contributed by atoms with Crippen molar-refractivity contribution >= 4 is 28.4 Å². The van der Waals surface area contributed by atoms with Crippen molar-refractivity contribution in [3.05, 3.63) is 100 Å². The quantitative estimate of drug-likeness (QED) is 0.402. The maximum absolute atomic E-state index is 13.1. The number of nitrogens with one attached hydrogen (secondary N) is 1. The van der Waals surface area contributed by atoms with Gasteiger partial charge in [-0.3, -0.25) is 9.78 Å². The molecule has 0 aliphatic heterocycles. The Hall–Kier alpha value is -3.32. The molecule has 4 rings (SSSR count). The highest BCUT2D eigenvalue weighted by atomic mass is 35.5. The summed E-state index contributed by atoms with van der Waals surface area (Å²) >= 11 is 5.96. The number of rotatable bonds is 6. The van der Waals surface area contributed by atoms with Gasteiger partial charge in [-0.1, -0.05) is 48.0 Å². The summed E-state index contributed by atoms with van der Waals surface area (Å²) in [4.78, 5) is 16.3. The number of carbonyl (C=O) groups excluding carboxylic acids is 1. The highest BCUT2D eigenvalue weighted by Crippen LogP contribution is 2.30. The third kappa shape index (κ3) is 4.78.